The van der Waals surface area contributed by atoms with E-state index in [1.54, 1.807) is 24.5 Å². The molecule has 1 N–H and O–H groups in total. The molecule has 5 nitrogen and oxygen atoms in total. The second-order valence-electron chi connectivity index (χ2n) is 6.60. The Morgan fingerprint density at radius 3 is 2.65 bits per heavy atom. The van der Waals surface area contributed by atoms with Crippen LogP contribution in [0.3, 0.4) is 0 Å². The fraction of sp³-hybridized carbons (Fsp3) is 0.389. The molecule has 0 aliphatic heterocycles. The predicted octanol–water partition coefficient (Wildman–Crippen LogP) is 3.22. The molecule has 0 aromatic carbocycles. The normalized spacial score (nSPS) is 11.1. The van der Waals surface area contributed by atoms with E-state index in [0.29, 0.717) is 24.6 Å². The molecular weight excluding hydrogens is 290 g/mol. The molecule has 0 radical (unpaired) electrons. The molecule has 122 valence electrons. The number of carbonyl (C=O) groups is 1. The first kappa shape index (κ1) is 16.9. The fourth-order valence-corrected chi connectivity index (χ4v) is 1.89. The lowest BCUT2D eigenvalue weighted by Crippen LogP contribution is -2.27. The van der Waals surface area contributed by atoms with Gasteiger partial charge in [0.15, 0.2) is 0 Å². The van der Waals surface area contributed by atoms with Crippen LogP contribution in [0.15, 0.2) is 42.9 Å². The Kier molecular flexibility index (Phi) is 5.68. The van der Waals surface area contributed by atoms with Gasteiger partial charge in [0.2, 0.25) is 5.88 Å². The Hall–Kier alpha value is -2.43. The summed E-state index contributed by atoms with van der Waals surface area (Å²) in [6, 6.07) is 7.22. The van der Waals surface area contributed by atoms with E-state index in [1.165, 1.54) is 6.20 Å². The molecule has 0 aliphatic rings. The third-order valence-electron chi connectivity index (χ3n) is 3.27. The number of aromatic nitrogens is 2. The van der Waals surface area contributed by atoms with Gasteiger partial charge in [-0.1, -0.05) is 26.8 Å². The van der Waals surface area contributed by atoms with Crippen LogP contribution in [0.4, 0.5) is 0 Å². The Morgan fingerprint density at radius 2 is 2.04 bits per heavy atom. The van der Waals surface area contributed by atoms with Gasteiger partial charge < -0.3 is 10.1 Å². The molecule has 2 aromatic rings. The largest absolute Gasteiger partial charge is 0.473 e. The number of pyridine rings is 2. The minimum atomic E-state index is -0.111. The Morgan fingerprint density at radius 1 is 1.22 bits per heavy atom. The van der Waals surface area contributed by atoms with Crippen LogP contribution in [0.2, 0.25) is 0 Å². The van der Waals surface area contributed by atoms with Gasteiger partial charge in [0.1, 0.15) is 6.61 Å². The zero-order valence-electron chi connectivity index (χ0n) is 13.9. The minimum Gasteiger partial charge on any atom is -0.473 e. The van der Waals surface area contributed by atoms with E-state index in [2.05, 4.69) is 36.1 Å². The molecule has 0 atom stereocenters. The van der Waals surface area contributed by atoms with Crippen LogP contribution >= 0.6 is 0 Å². The SMILES string of the molecule is CC(C)(C)CCNC(=O)c1ccc(OCc2cccnc2)nc1. The van der Waals surface area contributed by atoms with Crippen molar-refractivity contribution in [2.45, 2.75) is 33.8 Å². The van der Waals surface area contributed by atoms with E-state index >= 15 is 0 Å². The van der Waals surface area contributed by atoms with E-state index in [-0.39, 0.29) is 11.3 Å². The van der Waals surface area contributed by atoms with Crippen LogP contribution in [-0.2, 0) is 6.61 Å². The lowest BCUT2D eigenvalue weighted by atomic mass is 9.92. The first-order valence-corrected chi connectivity index (χ1v) is 7.70. The maximum absolute atomic E-state index is 12.0. The lowest BCUT2D eigenvalue weighted by Gasteiger charge is -2.17. The number of hydrogen-bond acceptors (Lipinski definition) is 4. The third-order valence-corrected chi connectivity index (χ3v) is 3.27. The van der Waals surface area contributed by atoms with Gasteiger partial charge in [0.05, 0.1) is 5.56 Å². The monoisotopic (exact) mass is 313 g/mol. The van der Waals surface area contributed by atoms with Crippen molar-refractivity contribution in [2.75, 3.05) is 6.54 Å². The van der Waals surface area contributed by atoms with E-state index in [0.717, 1.165) is 12.0 Å². The molecular formula is C18H23N3O2. The zero-order valence-corrected chi connectivity index (χ0v) is 13.9. The predicted molar refractivity (Wildman–Crippen MR) is 89.2 cm³/mol. The van der Waals surface area contributed by atoms with Crippen LogP contribution in [-0.4, -0.2) is 22.4 Å². The minimum absolute atomic E-state index is 0.111. The number of carbonyl (C=O) groups excluding carboxylic acids is 1. The highest BCUT2D eigenvalue weighted by Crippen LogP contribution is 2.17. The molecule has 0 saturated heterocycles. The summed E-state index contributed by atoms with van der Waals surface area (Å²) in [6.45, 7) is 7.50. The first-order chi connectivity index (χ1) is 10.9. The summed E-state index contributed by atoms with van der Waals surface area (Å²) in [4.78, 5) is 20.2. The molecule has 0 fully saturated rings. The smallest absolute Gasteiger partial charge is 0.252 e. The summed E-state index contributed by atoms with van der Waals surface area (Å²) in [5.74, 6) is 0.376. The highest BCUT2D eigenvalue weighted by molar-refractivity contribution is 5.93. The molecule has 23 heavy (non-hydrogen) atoms. The topological polar surface area (TPSA) is 64.1 Å². The van der Waals surface area contributed by atoms with Gasteiger partial charge in [0, 0.05) is 36.8 Å². The summed E-state index contributed by atoms with van der Waals surface area (Å²) in [5.41, 5.74) is 1.71. The fourth-order valence-electron chi connectivity index (χ4n) is 1.89. The van der Waals surface area contributed by atoms with Gasteiger partial charge in [-0.3, -0.25) is 9.78 Å². The van der Waals surface area contributed by atoms with Crippen LogP contribution in [0.25, 0.3) is 0 Å². The van der Waals surface area contributed by atoms with E-state index in [1.807, 2.05) is 12.1 Å². The third kappa shape index (κ3) is 6.06. The van der Waals surface area contributed by atoms with Gasteiger partial charge in [-0.2, -0.15) is 0 Å². The van der Waals surface area contributed by atoms with Crippen molar-refractivity contribution in [2.24, 2.45) is 5.41 Å². The van der Waals surface area contributed by atoms with Gasteiger partial charge >= 0.3 is 0 Å². The van der Waals surface area contributed by atoms with Crippen molar-refractivity contribution in [1.29, 1.82) is 0 Å². The summed E-state index contributed by atoms with van der Waals surface area (Å²) in [7, 11) is 0. The number of amides is 1. The second-order valence-corrected chi connectivity index (χ2v) is 6.60. The highest BCUT2D eigenvalue weighted by Gasteiger charge is 2.11. The van der Waals surface area contributed by atoms with Crippen molar-refractivity contribution in [1.82, 2.24) is 15.3 Å². The van der Waals surface area contributed by atoms with Crippen molar-refractivity contribution < 1.29 is 9.53 Å². The summed E-state index contributed by atoms with van der Waals surface area (Å²) < 4.78 is 5.57. The summed E-state index contributed by atoms with van der Waals surface area (Å²) >= 11 is 0. The van der Waals surface area contributed by atoms with Crippen LogP contribution in [0.1, 0.15) is 43.1 Å². The van der Waals surface area contributed by atoms with Crippen molar-refractivity contribution in [3.63, 3.8) is 0 Å². The molecule has 1 amide bonds. The molecule has 0 saturated carbocycles. The first-order valence-electron chi connectivity index (χ1n) is 7.70. The van der Waals surface area contributed by atoms with Crippen LogP contribution in [0.5, 0.6) is 5.88 Å². The average molecular weight is 313 g/mol. The molecule has 5 heteroatoms. The molecule has 0 bridgehead atoms. The van der Waals surface area contributed by atoms with E-state index < -0.39 is 0 Å². The number of ether oxygens (including phenoxy) is 1. The second kappa shape index (κ2) is 7.72. The van der Waals surface area contributed by atoms with Crippen molar-refractivity contribution >= 4 is 5.91 Å². The molecule has 2 rings (SSSR count). The standard InChI is InChI=1S/C18H23N3O2/c1-18(2,3)8-10-20-17(22)15-6-7-16(21-12-15)23-13-14-5-4-9-19-11-14/h4-7,9,11-12H,8,10,13H2,1-3H3,(H,20,22). The molecule has 2 heterocycles. The molecule has 0 spiro atoms. The van der Waals surface area contributed by atoms with E-state index in [4.69, 9.17) is 4.74 Å². The van der Waals surface area contributed by atoms with Crippen LogP contribution in [0, 0.1) is 5.41 Å². The molecule has 2 aromatic heterocycles. The quantitative estimate of drug-likeness (QED) is 0.889. The van der Waals surface area contributed by atoms with Gasteiger partial charge in [0.25, 0.3) is 5.91 Å². The number of nitrogens with one attached hydrogen (secondary N) is 1. The number of hydrogen-bond donors (Lipinski definition) is 1. The van der Waals surface area contributed by atoms with Crippen molar-refractivity contribution in [3.8, 4) is 5.88 Å². The van der Waals surface area contributed by atoms with E-state index in [9.17, 15) is 4.79 Å². The maximum atomic E-state index is 12.0. The zero-order chi connectivity index (χ0) is 16.7. The lowest BCUT2D eigenvalue weighted by molar-refractivity contribution is 0.0949. The highest BCUT2D eigenvalue weighted by atomic mass is 16.5. The Balaban J connectivity index is 1.83. The molecule has 0 unspecified atom stereocenters. The van der Waals surface area contributed by atoms with Crippen molar-refractivity contribution in [3.05, 3.63) is 54.0 Å². The van der Waals surface area contributed by atoms with Crippen LogP contribution < -0.4 is 10.1 Å². The van der Waals surface area contributed by atoms with Gasteiger partial charge in [-0.15, -0.1) is 0 Å². The Bertz CT molecular complexity index is 619. The van der Waals surface area contributed by atoms with Gasteiger partial charge in [-0.05, 0) is 24.0 Å². The summed E-state index contributed by atoms with van der Waals surface area (Å²) in [6.07, 6.45) is 5.93. The average Bonchev–Trinajstić information content (AvgIpc) is 2.53. The van der Waals surface area contributed by atoms with Gasteiger partial charge in [-0.25, -0.2) is 4.98 Å². The number of rotatable bonds is 6. The summed E-state index contributed by atoms with van der Waals surface area (Å²) in [5, 5.41) is 2.90. The molecule has 0 aliphatic carbocycles. The number of nitrogens with zero attached hydrogens (tertiary/aromatic N) is 2. The Labute approximate surface area is 137 Å². The maximum Gasteiger partial charge on any atom is 0.252 e.